The number of ether oxygens (including phenoxy) is 1. The summed E-state index contributed by atoms with van der Waals surface area (Å²) in [7, 11) is 1.34. The number of piperidine rings is 1. The summed E-state index contributed by atoms with van der Waals surface area (Å²) in [5.41, 5.74) is 0.799. The summed E-state index contributed by atoms with van der Waals surface area (Å²) in [6.45, 7) is 6.46. The monoisotopic (exact) mass is 255 g/mol. The number of carbonyl (C=O) groups is 2. The number of carboxylic acid groups (broad SMARTS) is 1. The third-order valence-electron chi connectivity index (χ3n) is 3.27. The molecule has 1 saturated heterocycles. The molecule has 0 spiro atoms. The summed E-state index contributed by atoms with van der Waals surface area (Å²) >= 11 is 0. The molecule has 0 aromatic rings. The molecule has 1 heterocycles. The third-order valence-corrected chi connectivity index (χ3v) is 3.27. The van der Waals surface area contributed by atoms with Crippen molar-refractivity contribution in [2.24, 2.45) is 5.41 Å². The Labute approximate surface area is 107 Å². The van der Waals surface area contributed by atoms with Gasteiger partial charge in [-0.05, 0) is 18.3 Å². The quantitative estimate of drug-likeness (QED) is 0.576. The van der Waals surface area contributed by atoms with Gasteiger partial charge in [0.25, 0.3) is 0 Å². The molecule has 5 heteroatoms. The van der Waals surface area contributed by atoms with E-state index in [-0.39, 0.29) is 17.4 Å². The summed E-state index contributed by atoms with van der Waals surface area (Å²) in [5.74, 6) is -0.374. The van der Waals surface area contributed by atoms with Gasteiger partial charge >= 0.3 is 12.1 Å². The van der Waals surface area contributed by atoms with Gasteiger partial charge in [-0.1, -0.05) is 26.3 Å². The van der Waals surface area contributed by atoms with Crippen molar-refractivity contribution in [2.45, 2.75) is 39.7 Å². The molecule has 0 aliphatic carbocycles. The molecule has 1 amide bonds. The Morgan fingerprint density at radius 1 is 1.44 bits per heavy atom. The Morgan fingerprint density at radius 3 is 2.50 bits per heavy atom. The van der Waals surface area contributed by atoms with Crippen molar-refractivity contribution in [3.05, 3.63) is 11.6 Å². The average Bonchev–Trinajstić information content (AvgIpc) is 2.27. The maximum atomic E-state index is 11.2. The van der Waals surface area contributed by atoms with Crippen molar-refractivity contribution >= 4 is 12.1 Å². The highest BCUT2D eigenvalue weighted by atomic mass is 16.5. The van der Waals surface area contributed by atoms with Crippen LogP contribution in [0.5, 0.6) is 0 Å². The summed E-state index contributed by atoms with van der Waals surface area (Å²) in [4.78, 5) is 23.9. The van der Waals surface area contributed by atoms with Crippen LogP contribution in [0.4, 0.5) is 4.79 Å². The highest BCUT2D eigenvalue weighted by Gasteiger charge is 2.36. The molecule has 1 atom stereocenters. The van der Waals surface area contributed by atoms with Crippen LogP contribution >= 0.6 is 0 Å². The van der Waals surface area contributed by atoms with E-state index in [1.165, 1.54) is 18.1 Å². The van der Waals surface area contributed by atoms with Gasteiger partial charge < -0.3 is 14.7 Å². The molecular formula is C13H21NO4. The van der Waals surface area contributed by atoms with E-state index in [9.17, 15) is 14.7 Å². The average molecular weight is 255 g/mol. The van der Waals surface area contributed by atoms with Gasteiger partial charge in [-0.15, -0.1) is 0 Å². The van der Waals surface area contributed by atoms with Crippen LogP contribution in [0.1, 0.15) is 33.6 Å². The number of likely N-dealkylation sites (tertiary alicyclic amines) is 1. The van der Waals surface area contributed by atoms with Crippen LogP contribution in [0.3, 0.4) is 0 Å². The lowest BCUT2D eigenvalue weighted by molar-refractivity contribution is -0.134. The maximum absolute atomic E-state index is 11.2. The molecule has 0 bridgehead atoms. The smallest absolute Gasteiger partial charge is 0.407 e. The second-order valence-electron chi connectivity index (χ2n) is 5.64. The standard InChI is InChI=1S/C13H21NO4/c1-13(2,3)10-7-9(8-11(15)18-4)5-6-14(10)12(16)17/h8,10H,5-7H2,1-4H3,(H,16,17)/b9-8-. The van der Waals surface area contributed by atoms with Crippen molar-refractivity contribution in [3.8, 4) is 0 Å². The predicted octanol–water partition coefficient (Wildman–Crippen LogP) is 2.27. The molecule has 5 nitrogen and oxygen atoms in total. The van der Waals surface area contributed by atoms with Crippen LogP contribution in [0.2, 0.25) is 0 Å². The fourth-order valence-corrected chi connectivity index (χ4v) is 2.24. The molecule has 1 unspecified atom stereocenters. The first-order chi connectivity index (χ1) is 8.25. The second-order valence-corrected chi connectivity index (χ2v) is 5.64. The van der Waals surface area contributed by atoms with E-state index in [4.69, 9.17) is 0 Å². The van der Waals surface area contributed by atoms with Crippen LogP contribution in [0.15, 0.2) is 11.6 Å². The Bertz CT molecular complexity index is 368. The van der Waals surface area contributed by atoms with E-state index in [1.54, 1.807) is 0 Å². The number of methoxy groups -OCH3 is 1. The fraction of sp³-hybridized carbons (Fsp3) is 0.692. The summed E-state index contributed by atoms with van der Waals surface area (Å²) in [6, 6.07) is -0.111. The van der Waals surface area contributed by atoms with Gasteiger partial charge in [0.2, 0.25) is 0 Å². The molecule has 1 rings (SSSR count). The first-order valence-electron chi connectivity index (χ1n) is 6.02. The number of nitrogens with zero attached hydrogens (tertiary/aromatic N) is 1. The fourth-order valence-electron chi connectivity index (χ4n) is 2.24. The SMILES string of the molecule is COC(=O)/C=C1/CCN(C(=O)O)C(C(C)(C)C)C1. The van der Waals surface area contributed by atoms with E-state index in [0.717, 1.165) is 5.57 Å². The Kier molecular flexibility index (Phi) is 4.38. The number of esters is 1. The number of rotatable bonds is 1. The minimum absolute atomic E-state index is 0.111. The van der Waals surface area contributed by atoms with Gasteiger partial charge in [0.05, 0.1) is 7.11 Å². The van der Waals surface area contributed by atoms with Crippen molar-refractivity contribution < 1.29 is 19.4 Å². The molecule has 1 fully saturated rings. The zero-order valence-corrected chi connectivity index (χ0v) is 11.4. The van der Waals surface area contributed by atoms with Crippen LogP contribution in [0.25, 0.3) is 0 Å². The Balaban J connectivity index is 2.90. The predicted molar refractivity (Wildman–Crippen MR) is 67.3 cm³/mol. The number of hydrogen-bond acceptors (Lipinski definition) is 3. The highest BCUT2D eigenvalue weighted by molar-refractivity contribution is 5.82. The molecule has 0 radical (unpaired) electrons. The minimum atomic E-state index is -0.896. The maximum Gasteiger partial charge on any atom is 0.407 e. The summed E-state index contributed by atoms with van der Waals surface area (Å²) in [5, 5.41) is 9.20. The van der Waals surface area contributed by atoms with Crippen LogP contribution in [-0.4, -0.2) is 41.8 Å². The number of amides is 1. The highest BCUT2D eigenvalue weighted by Crippen LogP contribution is 2.34. The molecular weight excluding hydrogens is 234 g/mol. The van der Waals surface area contributed by atoms with Crippen LogP contribution in [0, 0.1) is 5.41 Å². The van der Waals surface area contributed by atoms with E-state index in [1.807, 2.05) is 20.8 Å². The molecule has 1 aliphatic rings. The Hall–Kier alpha value is -1.52. The first-order valence-corrected chi connectivity index (χ1v) is 6.02. The molecule has 102 valence electrons. The van der Waals surface area contributed by atoms with E-state index in [0.29, 0.717) is 19.4 Å². The molecule has 1 N–H and O–H groups in total. The number of hydrogen-bond donors (Lipinski definition) is 1. The summed E-state index contributed by atoms with van der Waals surface area (Å²) < 4.78 is 4.60. The van der Waals surface area contributed by atoms with Crippen LogP contribution in [-0.2, 0) is 9.53 Å². The molecule has 0 aromatic carbocycles. The largest absolute Gasteiger partial charge is 0.466 e. The zero-order valence-electron chi connectivity index (χ0n) is 11.4. The summed E-state index contributed by atoms with van der Waals surface area (Å²) in [6.07, 6.45) is 1.77. The lowest BCUT2D eigenvalue weighted by Gasteiger charge is -2.42. The zero-order chi connectivity index (χ0) is 13.9. The first kappa shape index (κ1) is 14.5. The van der Waals surface area contributed by atoms with Gasteiger partial charge in [-0.2, -0.15) is 0 Å². The van der Waals surface area contributed by atoms with Gasteiger partial charge in [-0.3, -0.25) is 0 Å². The topological polar surface area (TPSA) is 66.8 Å². The second kappa shape index (κ2) is 5.42. The molecule has 0 aromatic heterocycles. The minimum Gasteiger partial charge on any atom is -0.466 e. The van der Waals surface area contributed by atoms with Gasteiger partial charge in [0, 0.05) is 18.7 Å². The lowest BCUT2D eigenvalue weighted by atomic mass is 9.79. The van der Waals surface area contributed by atoms with Crippen molar-refractivity contribution in [2.75, 3.05) is 13.7 Å². The van der Waals surface area contributed by atoms with Gasteiger partial charge in [0.1, 0.15) is 0 Å². The van der Waals surface area contributed by atoms with Gasteiger partial charge in [0.15, 0.2) is 0 Å². The van der Waals surface area contributed by atoms with Crippen molar-refractivity contribution in [1.82, 2.24) is 4.90 Å². The van der Waals surface area contributed by atoms with Crippen LogP contribution < -0.4 is 0 Å². The van der Waals surface area contributed by atoms with Crippen molar-refractivity contribution in [1.29, 1.82) is 0 Å². The van der Waals surface area contributed by atoms with E-state index >= 15 is 0 Å². The number of carbonyl (C=O) groups excluding carboxylic acids is 1. The molecule has 0 saturated carbocycles. The normalized spacial score (nSPS) is 23.0. The van der Waals surface area contributed by atoms with Gasteiger partial charge in [-0.25, -0.2) is 9.59 Å². The van der Waals surface area contributed by atoms with E-state index < -0.39 is 6.09 Å². The third kappa shape index (κ3) is 3.48. The molecule has 1 aliphatic heterocycles. The lowest BCUT2D eigenvalue weighted by Crippen LogP contribution is -2.50. The van der Waals surface area contributed by atoms with Crippen molar-refractivity contribution in [3.63, 3.8) is 0 Å². The molecule has 18 heavy (non-hydrogen) atoms. The van der Waals surface area contributed by atoms with E-state index in [2.05, 4.69) is 4.74 Å². The Morgan fingerprint density at radius 2 is 2.06 bits per heavy atom.